The first-order chi connectivity index (χ1) is 27.5. The summed E-state index contributed by atoms with van der Waals surface area (Å²) >= 11 is 0. The van der Waals surface area contributed by atoms with Gasteiger partial charge in [0.1, 0.15) is 19.8 Å². The highest BCUT2D eigenvalue weighted by Crippen LogP contribution is 2.43. The molecule has 0 saturated heterocycles. The predicted molar refractivity (Wildman–Crippen MR) is 238 cm³/mol. The van der Waals surface area contributed by atoms with Crippen molar-refractivity contribution in [2.75, 3.05) is 47.5 Å². The molecule has 0 spiro atoms. The molecule has 0 heterocycles. The van der Waals surface area contributed by atoms with Crippen LogP contribution in [0, 0.1) is 0 Å². The van der Waals surface area contributed by atoms with Crippen molar-refractivity contribution >= 4 is 19.8 Å². The van der Waals surface area contributed by atoms with Crippen LogP contribution in [0.25, 0.3) is 0 Å². The number of hydrogen-bond donors (Lipinski definition) is 1. The summed E-state index contributed by atoms with van der Waals surface area (Å²) in [4.78, 5) is 35.4. The van der Waals surface area contributed by atoms with E-state index in [1.165, 1.54) is 109 Å². The standard InChI is InChI=1S/C47H86NO8P/c1-6-8-10-12-14-16-18-20-22-24-26-27-29-31-33-35-37-39-46(49)53-43-45(44-55-57(51,52)54-42-41-48(3,4)5)56-47(50)40-38-36-34-32-30-28-25-23-21-19-17-15-13-11-9-7-2/h14,16,20,22,26-27,31,33,45H,6-13,15,17-19,21,23-25,28-30,32,34-44H2,1-5H3/p+1/b16-14-,22-20-,27-26-,33-31-/t45-/m1/s1. The quantitative estimate of drug-likeness (QED) is 0.0213. The Hall–Kier alpha value is -2.03. The number of hydrogen-bond acceptors (Lipinski definition) is 7. The molecule has 9 nitrogen and oxygen atoms in total. The second-order valence-electron chi connectivity index (χ2n) is 16.4. The number of phosphoric acid groups is 1. The topological polar surface area (TPSA) is 108 Å². The largest absolute Gasteiger partial charge is 0.472 e. The maximum Gasteiger partial charge on any atom is 0.472 e. The van der Waals surface area contributed by atoms with Gasteiger partial charge in [-0.25, -0.2) is 4.57 Å². The summed E-state index contributed by atoms with van der Waals surface area (Å²) in [5, 5.41) is 0. The third-order valence-electron chi connectivity index (χ3n) is 9.61. The minimum atomic E-state index is -4.39. The Morgan fingerprint density at radius 1 is 0.544 bits per heavy atom. The summed E-state index contributed by atoms with van der Waals surface area (Å²) in [5.41, 5.74) is 0. The highest BCUT2D eigenvalue weighted by atomic mass is 31.2. The van der Waals surface area contributed by atoms with Gasteiger partial charge in [-0.1, -0.05) is 172 Å². The van der Waals surface area contributed by atoms with Crippen LogP contribution < -0.4 is 0 Å². The van der Waals surface area contributed by atoms with Crippen LogP contribution in [0.2, 0.25) is 0 Å². The normalized spacial score (nSPS) is 14.0. The molecule has 0 aliphatic rings. The van der Waals surface area contributed by atoms with E-state index in [4.69, 9.17) is 18.5 Å². The number of nitrogens with zero attached hydrogens (tertiary/aromatic N) is 1. The minimum Gasteiger partial charge on any atom is -0.462 e. The molecule has 57 heavy (non-hydrogen) atoms. The molecule has 0 saturated carbocycles. The Balaban J connectivity index is 4.42. The molecule has 0 aliphatic carbocycles. The first-order valence-electron chi connectivity index (χ1n) is 22.9. The third kappa shape index (κ3) is 43.4. The Morgan fingerprint density at radius 3 is 1.46 bits per heavy atom. The van der Waals surface area contributed by atoms with Gasteiger partial charge in [0.05, 0.1) is 27.7 Å². The Morgan fingerprint density at radius 2 is 0.965 bits per heavy atom. The van der Waals surface area contributed by atoms with Gasteiger partial charge in [0.25, 0.3) is 0 Å². The molecule has 0 rings (SSSR count). The van der Waals surface area contributed by atoms with Crippen LogP contribution in [0.5, 0.6) is 0 Å². The lowest BCUT2D eigenvalue weighted by Crippen LogP contribution is -2.37. The second-order valence-corrected chi connectivity index (χ2v) is 17.9. The Bertz CT molecular complexity index is 1110. The van der Waals surface area contributed by atoms with E-state index in [-0.39, 0.29) is 26.1 Å². The van der Waals surface area contributed by atoms with Crippen molar-refractivity contribution in [1.82, 2.24) is 0 Å². The van der Waals surface area contributed by atoms with Crippen molar-refractivity contribution in [3.8, 4) is 0 Å². The van der Waals surface area contributed by atoms with Gasteiger partial charge in [0.15, 0.2) is 6.10 Å². The monoisotopic (exact) mass is 825 g/mol. The molecular formula is C47H87NO8P+. The van der Waals surface area contributed by atoms with E-state index >= 15 is 0 Å². The number of quaternary nitrogens is 1. The fraction of sp³-hybridized carbons (Fsp3) is 0.787. The SMILES string of the molecule is CCCCC/C=C\C/C=C\C/C=C\C/C=C\CCCC(=O)OC[C@H](COP(=O)(O)OCC[N+](C)(C)C)OC(=O)CCCCCCCCCCCCCCCCCC. The van der Waals surface area contributed by atoms with E-state index in [1.807, 2.05) is 21.1 Å². The fourth-order valence-electron chi connectivity index (χ4n) is 6.01. The van der Waals surface area contributed by atoms with Crippen molar-refractivity contribution in [2.45, 2.75) is 193 Å². The number of ether oxygens (including phenoxy) is 2. The average Bonchev–Trinajstić information content (AvgIpc) is 3.16. The van der Waals surface area contributed by atoms with E-state index in [0.29, 0.717) is 23.9 Å². The van der Waals surface area contributed by atoms with Crippen molar-refractivity contribution in [1.29, 1.82) is 0 Å². The van der Waals surface area contributed by atoms with Crippen molar-refractivity contribution in [2.24, 2.45) is 0 Å². The van der Waals surface area contributed by atoms with Gasteiger partial charge < -0.3 is 18.9 Å². The maximum atomic E-state index is 12.7. The third-order valence-corrected chi connectivity index (χ3v) is 10.6. The van der Waals surface area contributed by atoms with Crippen LogP contribution >= 0.6 is 7.82 Å². The molecule has 0 bridgehead atoms. The van der Waals surface area contributed by atoms with E-state index < -0.39 is 32.5 Å². The lowest BCUT2D eigenvalue weighted by atomic mass is 10.0. The van der Waals surface area contributed by atoms with Crippen LogP contribution in [-0.4, -0.2) is 74.9 Å². The molecule has 0 aromatic carbocycles. The second kappa shape index (κ2) is 39.4. The van der Waals surface area contributed by atoms with Gasteiger partial charge in [0, 0.05) is 12.8 Å². The molecule has 0 radical (unpaired) electrons. The minimum absolute atomic E-state index is 0.0232. The maximum absolute atomic E-state index is 12.7. The Labute approximate surface area is 350 Å². The van der Waals surface area contributed by atoms with Crippen molar-refractivity contribution < 1.29 is 42.1 Å². The van der Waals surface area contributed by atoms with Gasteiger partial charge in [0.2, 0.25) is 0 Å². The van der Waals surface area contributed by atoms with Crippen LogP contribution in [-0.2, 0) is 32.7 Å². The van der Waals surface area contributed by atoms with E-state index in [0.717, 1.165) is 38.5 Å². The number of esters is 2. The molecule has 0 amide bonds. The lowest BCUT2D eigenvalue weighted by molar-refractivity contribution is -0.870. The van der Waals surface area contributed by atoms with E-state index in [9.17, 15) is 19.0 Å². The van der Waals surface area contributed by atoms with E-state index in [2.05, 4.69) is 62.5 Å². The van der Waals surface area contributed by atoms with Crippen LogP contribution in [0.15, 0.2) is 48.6 Å². The highest BCUT2D eigenvalue weighted by molar-refractivity contribution is 7.47. The predicted octanol–water partition coefficient (Wildman–Crippen LogP) is 13.1. The molecule has 10 heteroatoms. The number of unbranched alkanes of at least 4 members (excludes halogenated alkanes) is 19. The number of phosphoric ester groups is 1. The first-order valence-corrected chi connectivity index (χ1v) is 24.4. The van der Waals surface area contributed by atoms with Crippen LogP contribution in [0.3, 0.4) is 0 Å². The lowest BCUT2D eigenvalue weighted by Gasteiger charge is -2.24. The first kappa shape index (κ1) is 55.0. The number of likely N-dealkylation sites (N-methyl/N-ethyl adjacent to an activating group) is 1. The molecular weight excluding hydrogens is 737 g/mol. The summed E-state index contributed by atoms with van der Waals surface area (Å²) < 4.78 is 34.3. The Kier molecular flexibility index (Phi) is 38.0. The van der Waals surface area contributed by atoms with Crippen LogP contribution in [0.4, 0.5) is 0 Å². The van der Waals surface area contributed by atoms with Crippen LogP contribution in [0.1, 0.15) is 187 Å². The number of rotatable bonds is 41. The summed E-state index contributed by atoms with van der Waals surface area (Å²) in [6.07, 6.45) is 45.9. The molecule has 1 unspecified atom stereocenters. The van der Waals surface area contributed by atoms with E-state index in [1.54, 1.807) is 0 Å². The van der Waals surface area contributed by atoms with Gasteiger partial charge in [-0.05, 0) is 51.4 Å². The zero-order chi connectivity index (χ0) is 42.1. The average molecular weight is 825 g/mol. The zero-order valence-corrected chi connectivity index (χ0v) is 38.2. The summed E-state index contributed by atoms with van der Waals surface area (Å²) in [5.74, 6) is -0.861. The summed E-state index contributed by atoms with van der Waals surface area (Å²) in [7, 11) is 1.45. The molecule has 332 valence electrons. The van der Waals surface area contributed by atoms with Crippen molar-refractivity contribution in [3.63, 3.8) is 0 Å². The molecule has 0 aromatic rings. The zero-order valence-electron chi connectivity index (χ0n) is 37.3. The molecule has 2 atom stereocenters. The summed E-state index contributed by atoms with van der Waals surface area (Å²) in [6, 6.07) is 0. The van der Waals surface area contributed by atoms with Gasteiger partial charge in [-0.15, -0.1) is 0 Å². The molecule has 0 fully saturated rings. The highest BCUT2D eigenvalue weighted by Gasteiger charge is 2.27. The molecule has 0 aliphatic heterocycles. The summed E-state index contributed by atoms with van der Waals surface area (Å²) in [6.45, 7) is 4.34. The number of allylic oxidation sites excluding steroid dienone is 8. The van der Waals surface area contributed by atoms with Gasteiger partial charge >= 0.3 is 19.8 Å². The number of carbonyl (C=O) groups is 2. The molecule has 1 N–H and O–H groups in total. The molecule has 0 aromatic heterocycles. The van der Waals surface area contributed by atoms with Gasteiger partial charge in [-0.2, -0.15) is 0 Å². The smallest absolute Gasteiger partial charge is 0.462 e. The van der Waals surface area contributed by atoms with Crippen molar-refractivity contribution in [3.05, 3.63) is 48.6 Å². The number of carbonyl (C=O) groups excluding carboxylic acids is 2. The van der Waals surface area contributed by atoms with Gasteiger partial charge in [-0.3, -0.25) is 18.6 Å². The fourth-order valence-corrected chi connectivity index (χ4v) is 6.75.